The Labute approximate surface area is 184 Å². The Morgan fingerprint density at radius 2 is 1.59 bits per heavy atom. The molecule has 2 aliphatic rings. The smallest absolute Gasteiger partial charge is 0.274 e. The lowest BCUT2D eigenvalue weighted by Gasteiger charge is -2.32. The predicted octanol–water partition coefficient (Wildman–Crippen LogP) is 3.30. The molecule has 6 nitrogen and oxygen atoms in total. The minimum absolute atomic E-state index is 0.157. The van der Waals surface area contributed by atoms with Crippen molar-refractivity contribution in [3.8, 4) is 0 Å². The molecule has 3 aromatic carbocycles. The summed E-state index contributed by atoms with van der Waals surface area (Å²) in [4.78, 5) is 27.1. The number of carbonyl (C=O) groups excluding carboxylic acids is 2. The van der Waals surface area contributed by atoms with Gasteiger partial charge < -0.3 is 4.90 Å². The van der Waals surface area contributed by atoms with Crippen molar-refractivity contribution in [2.45, 2.75) is 18.3 Å². The number of rotatable bonds is 3. The van der Waals surface area contributed by atoms with Crippen LogP contribution < -0.4 is 9.80 Å². The van der Waals surface area contributed by atoms with Crippen molar-refractivity contribution in [1.82, 2.24) is 0 Å². The van der Waals surface area contributed by atoms with Crippen LogP contribution in [0.3, 0.4) is 0 Å². The second-order valence-electron chi connectivity index (χ2n) is 7.97. The van der Waals surface area contributed by atoms with Gasteiger partial charge in [0.25, 0.3) is 10.8 Å². The Bertz CT molecular complexity index is 1370. The number of nitrogens with zero attached hydrogens (tertiary/aromatic N) is 2. The lowest BCUT2D eigenvalue weighted by molar-refractivity contribution is -0.123. The normalized spacial score (nSPS) is 21.4. The Kier molecular flexibility index (Phi) is 4.46. The first-order valence-corrected chi connectivity index (χ1v) is 11.7. The maximum Gasteiger partial charge on any atom is 0.274 e. The van der Waals surface area contributed by atoms with Gasteiger partial charge in [-0.1, -0.05) is 54.1 Å². The maximum absolute atomic E-state index is 14.4. The molecule has 2 heterocycles. The molecule has 1 saturated heterocycles. The van der Waals surface area contributed by atoms with Crippen LogP contribution in [0.2, 0.25) is 0 Å². The van der Waals surface area contributed by atoms with E-state index in [-0.39, 0.29) is 17.7 Å². The van der Waals surface area contributed by atoms with Crippen molar-refractivity contribution in [1.29, 1.82) is 0 Å². The third-order valence-electron chi connectivity index (χ3n) is 6.00. The summed E-state index contributed by atoms with van der Waals surface area (Å²) in [5.41, 5.74) is 2.04. The number of aryl methyl sites for hydroxylation is 1. The molecule has 1 spiro atoms. The van der Waals surface area contributed by atoms with E-state index in [0.717, 1.165) is 10.5 Å². The second kappa shape index (κ2) is 7.00. The number of hydrogen-bond acceptors (Lipinski definition) is 4. The van der Waals surface area contributed by atoms with E-state index in [1.807, 2.05) is 6.92 Å². The van der Waals surface area contributed by atoms with E-state index in [0.29, 0.717) is 11.4 Å². The van der Waals surface area contributed by atoms with Crippen LogP contribution in [0.15, 0.2) is 72.8 Å². The van der Waals surface area contributed by atoms with Crippen LogP contribution in [0.5, 0.6) is 0 Å². The Morgan fingerprint density at radius 1 is 0.938 bits per heavy atom. The average Bonchev–Trinajstić information content (AvgIpc) is 3.13. The zero-order chi connectivity index (χ0) is 22.7. The molecule has 1 atom stereocenters. The lowest BCUT2D eigenvalue weighted by atomic mass is 10.0. The van der Waals surface area contributed by atoms with Crippen LogP contribution in [0.4, 0.5) is 15.8 Å². The monoisotopic (exact) mass is 450 g/mol. The fraction of sp³-hybridized carbons (Fsp3) is 0.167. The van der Waals surface area contributed by atoms with Gasteiger partial charge in [0.15, 0.2) is 9.84 Å². The number of fused-ring (bicyclic) bond motifs is 2. The number of sulfone groups is 1. The van der Waals surface area contributed by atoms with E-state index >= 15 is 0 Å². The highest BCUT2D eigenvalue weighted by molar-refractivity contribution is 7.94. The van der Waals surface area contributed by atoms with Gasteiger partial charge in [-0.2, -0.15) is 0 Å². The molecule has 32 heavy (non-hydrogen) atoms. The summed E-state index contributed by atoms with van der Waals surface area (Å²) in [7, 11) is -4.25. The third kappa shape index (κ3) is 2.65. The summed E-state index contributed by atoms with van der Waals surface area (Å²) in [6.45, 7) is 1.71. The standard InChI is InChI=1S/C24H19FN2O4S/c1-16-10-12-18(13-11-16)27-22(28)15-32(30,31)24(27)19-7-3-5-9-21(19)26(23(24)29)14-17-6-2-4-8-20(17)25/h2-13H,14-15H2,1H3/t24-/m1/s1. The molecule has 162 valence electrons. The molecule has 0 saturated carbocycles. The lowest BCUT2D eigenvalue weighted by Crippen LogP contribution is -2.54. The number of benzene rings is 3. The first kappa shape index (κ1) is 20.4. The van der Waals surface area contributed by atoms with Crippen molar-refractivity contribution in [3.05, 3.63) is 95.3 Å². The van der Waals surface area contributed by atoms with Crippen molar-refractivity contribution < 1.29 is 22.4 Å². The van der Waals surface area contributed by atoms with Gasteiger partial charge in [0.05, 0.1) is 12.2 Å². The number of amides is 2. The van der Waals surface area contributed by atoms with Crippen molar-refractivity contribution in [2.75, 3.05) is 15.6 Å². The van der Waals surface area contributed by atoms with Crippen LogP contribution in [0.1, 0.15) is 16.7 Å². The average molecular weight is 450 g/mol. The van der Waals surface area contributed by atoms with E-state index in [1.54, 1.807) is 66.7 Å². The summed E-state index contributed by atoms with van der Waals surface area (Å²) in [5, 5.41) is 0. The van der Waals surface area contributed by atoms with Crippen LogP contribution >= 0.6 is 0 Å². The highest BCUT2D eigenvalue weighted by Gasteiger charge is 2.69. The van der Waals surface area contributed by atoms with Crippen molar-refractivity contribution in [2.24, 2.45) is 0 Å². The summed E-state index contributed by atoms with van der Waals surface area (Å²) in [6, 6.07) is 19.3. The molecule has 0 aromatic heterocycles. The predicted molar refractivity (Wildman–Crippen MR) is 118 cm³/mol. The molecule has 0 bridgehead atoms. The van der Waals surface area contributed by atoms with Gasteiger partial charge in [0, 0.05) is 16.8 Å². The van der Waals surface area contributed by atoms with Gasteiger partial charge in [0.2, 0.25) is 5.91 Å². The van der Waals surface area contributed by atoms with Gasteiger partial charge in [0.1, 0.15) is 11.6 Å². The molecule has 8 heteroatoms. The van der Waals surface area contributed by atoms with E-state index < -0.39 is 38.1 Å². The molecule has 0 radical (unpaired) electrons. The zero-order valence-corrected chi connectivity index (χ0v) is 18.0. The molecule has 5 rings (SSSR count). The highest BCUT2D eigenvalue weighted by atomic mass is 32.2. The maximum atomic E-state index is 14.4. The van der Waals surface area contributed by atoms with Gasteiger partial charge in [-0.25, -0.2) is 12.8 Å². The summed E-state index contributed by atoms with van der Waals surface area (Å²) in [5.74, 6) is -2.74. The van der Waals surface area contributed by atoms with Crippen LogP contribution in [-0.2, 0) is 30.8 Å². The quantitative estimate of drug-likeness (QED) is 0.614. The van der Waals surface area contributed by atoms with E-state index in [2.05, 4.69) is 0 Å². The molecule has 2 amide bonds. The van der Waals surface area contributed by atoms with Crippen LogP contribution in [-0.4, -0.2) is 26.0 Å². The van der Waals surface area contributed by atoms with Gasteiger partial charge in [-0.05, 0) is 31.2 Å². The summed E-state index contributed by atoms with van der Waals surface area (Å²) >= 11 is 0. The third-order valence-corrected chi connectivity index (χ3v) is 8.11. The first-order valence-electron chi connectivity index (χ1n) is 10.0. The summed E-state index contributed by atoms with van der Waals surface area (Å²) < 4.78 is 41.4. The molecule has 2 aliphatic heterocycles. The molecule has 0 N–H and O–H groups in total. The largest absolute Gasteiger partial charge is 0.304 e. The number of carbonyl (C=O) groups is 2. The SMILES string of the molecule is Cc1ccc(N2C(=O)CS(=O)(=O)[C@]23C(=O)N(Cc2ccccc2F)c2ccccc23)cc1. The Balaban J connectivity index is 1.74. The highest BCUT2D eigenvalue weighted by Crippen LogP contribution is 2.52. The van der Waals surface area contributed by atoms with Crippen LogP contribution in [0.25, 0.3) is 0 Å². The number of hydrogen-bond donors (Lipinski definition) is 0. The minimum Gasteiger partial charge on any atom is -0.304 e. The van der Waals surface area contributed by atoms with Gasteiger partial charge in [-0.15, -0.1) is 0 Å². The molecule has 1 fully saturated rings. The Hall–Kier alpha value is -3.52. The van der Waals surface area contributed by atoms with Crippen molar-refractivity contribution >= 4 is 33.0 Å². The fourth-order valence-electron chi connectivity index (χ4n) is 4.54. The fourth-order valence-corrected chi connectivity index (χ4v) is 6.57. The number of anilines is 2. The van der Waals surface area contributed by atoms with E-state index in [9.17, 15) is 22.4 Å². The molecular formula is C24H19FN2O4S. The van der Waals surface area contributed by atoms with Gasteiger partial charge in [-0.3, -0.25) is 14.5 Å². The second-order valence-corrected chi connectivity index (χ2v) is 10.1. The number of halogens is 1. The number of para-hydroxylation sites is 1. The molecule has 0 aliphatic carbocycles. The van der Waals surface area contributed by atoms with E-state index in [4.69, 9.17) is 0 Å². The first-order chi connectivity index (χ1) is 15.3. The van der Waals surface area contributed by atoms with Crippen molar-refractivity contribution in [3.63, 3.8) is 0 Å². The molecule has 0 unspecified atom stereocenters. The van der Waals surface area contributed by atoms with Crippen LogP contribution in [0, 0.1) is 12.7 Å². The summed E-state index contributed by atoms with van der Waals surface area (Å²) in [6.07, 6.45) is 0. The molecular weight excluding hydrogens is 431 g/mol. The Morgan fingerprint density at radius 3 is 2.31 bits per heavy atom. The molecule has 3 aromatic rings. The minimum atomic E-state index is -4.25. The van der Waals surface area contributed by atoms with Gasteiger partial charge >= 0.3 is 0 Å². The topological polar surface area (TPSA) is 74.8 Å². The van der Waals surface area contributed by atoms with E-state index in [1.165, 1.54) is 11.0 Å². The zero-order valence-electron chi connectivity index (χ0n) is 17.2.